The lowest BCUT2D eigenvalue weighted by atomic mass is 9.71. The second kappa shape index (κ2) is 14.1. The van der Waals surface area contributed by atoms with E-state index in [-0.39, 0.29) is 0 Å². The molecule has 1 unspecified atom stereocenters. The summed E-state index contributed by atoms with van der Waals surface area (Å²) in [6.45, 7) is 3.92. The number of halogens is 3. The number of amides is 1. The summed E-state index contributed by atoms with van der Waals surface area (Å²) in [5.41, 5.74) is 0.851. The minimum absolute atomic E-state index is 0.824. The first-order valence-corrected chi connectivity index (χ1v) is 15.5. The first-order chi connectivity index (χ1) is 21.7. The summed E-state index contributed by atoms with van der Waals surface area (Å²) < 4.78 is 24.8. The molecule has 3 atom stereocenters. The molecule has 0 aliphatic carbocycles. The highest BCUT2D eigenvalue weighted by Crippen LogP contribution is 2.50. The Bertz CT molecular complexity index is 1380. The standard InChI is InChI=1S/C35H33BCl3NO5/c1-4-29(40-32(41)35(37,38)39)36-44-30(33(42-2,25-17-9-5-10-18-25)26-19-11-6-12-20-26)31(45-36)34(43-3,27-21-13-7-14-22-27)28-23-15-8-16-24-28/h4-24,29-31H,1H2,2-3H3,(H,40,41)/t29?,30-,31-/m1/s1. The van der Waals surface area contributed by atoms with Gasteiger partial charge >= 0.3 is 7.12 Å². The number of benzene rings is 4. The van der Waals surface area contributed by atoms with Gasteiger partial charge in [0.15, 0.2) is 0 Å². The van der Waals surface area contributed by atoms with E-state index >= 15 is 0 Å². The van der Waals surface area contributed by atoms with Crippen LogP contribution in [0.4, 0.5) is 0 Å². The van der Waals surface area contributed by atoms with Crippen molar-refractivity contribution >= 4 is 47.8 Å². The van der Waals surface area contributed by atoms with Crippen molar-refractivity contribution in [3.63, 3.8) is 0 Å². The number of carbonyl (C=O) groups excluding carboxylic acids is 1. The van der Waals surface area contributed by atoms with E-state index in [0.29, 0.717) is 0 Å². The van der Waals surface area contributed by atoms with E-state index in [1.165, 1.54) is 6.08 Å². The Morgan fingerprint density at radius 3 is 1.27 bits per heavy atom. The van der Waals surface area contributed by atoms with Gasteiger partial charge in [-0.2, -0.15) is 0 Å². The molecule has 1 N–H and O–H groups in total. The quantitative estimate of drug-likeness (QED) is 0.106. The van der Waals surface area contributed by atoms with Gasteiger partial charge in [0.25, 0.3) is 9.70 Å². The summed E-state index contributed by atoms with van der Waals surface area (Å²) in [5, 5.41) is 2.70. The topological polar surface area (TPSA) is 66.0 Å². The van der Waals surface area contributed by atoms with Crippen LogP contribution in [-0.4, -0.2) is 49.2 Å². The monoisotopic (exact) mass is 663 g/mol. The average Bonchev–Trinajstić information content (AvgIpc) is 3.52. The molecule has 1 fully saturated rings. The smallest absolute Gasteiger partial charge is 0.400 e. The Morgan fingerprint density at radius 2 is 1.02 bits per heavy atom. The molecule has 0 saturated carbocycles. The third kappa shape index (κ3) is 6.32. The van der Waals surface area contributed by atoms with Crippen LogP contribution in [0, 0.1) is 0 Å². The third-order valence-corrected chi connectivity index (χ3v) is 8.71. The lowest BCUT2D eigenvalue weighted by Crippen LogP contribution is -2.56. The molecule has 5 rings (SSSR count). The Kier molecular flexibility index (Phi) is 10.4. The van der Waals surface area contributed by atoms with E-state index in [4.69, 9.17) is 53.6 Å². The summed E-state index contributed by atoms with van der Waals surface area (Å²) >= 11 is 17.8. The highest BCUT2D eigenvalue weighted by Gasteiger charge is 2.63. The number of rotatable bonds is 11. The van der Waals surface area contributed by atoms with Gasteiger partial charge in [0.05, 0.1) is 5.94 Å². The van der Waals surface area contributed by atoms with Crippen LogP contribution in [0.1, 0.15) is 22.3 Å². The number of hydrogen-bond acceptors (Lipinski definition) is 5. The lowest BCUT2D eigenvalue weighted by Gasteiger charge is -2.46. The Hall–Kier alpha value is -3.14. The van der Waals surface area contributed by atoms with Gasteiger partial charge in [0.1, 0.15) is 23.4 Å². The van der Waals surface area contributed by atoms with Crippen LogP contribution in [0.3, 0.4) is 0 Å². The second-order valence-electron chi connectivity index (χ2n) is 10.6. The maximum atomic E-state index is 12.8. The lowest BCUT2D eigenvalue weighted by molar-refractivity contribution is -0.136. The van der Waals surface area contributed by atoms with Crippen LogP contribution in [0.5, 0.6) is 0 Å². The van der Waals surface area contributed by atoms with Crippen LogP contribution >= 0.6 is 34.8 Å². The number of ether oxygens (including phenoxy) is 2. The summed E-state index contributed by atoms with van der Waals surface area (Å²) in [5.74, 6) is -1.76. The van der Waals surface area contributed by atoms with Gasteiger partial charge in [-0.15, -0.1) is 6.58 Å². The first-order valence-electron chi connectivity index (χ1n) is 14.4. The molecule has 1 amide bonds. The molecule has 0 radical (unpaired) electrons. The van der Waals surface area contributed by atoms with E-state index in [0.717, 1.165) is 22.3 Å². The summed E-state index contributed by atoms with van der Waals surface area (Å²) in [7, 11) is 2.20. The summed E-state index contributed by atoms with van der Waals surface area (Å²) in [6, 6.07) is 39.2. The fourth-order valence-electron chi connectivity index (χ4n) is 6.16. The Morgan fingerprint density at radius 1 is 0.711 bits per heavy atom. The van der Waals surface area contributed by atoms with Crippen molar-refractivity contribution in [3.8, 4) is 0 Å². The Labute approximate surface area is 279 Å². The van der Waals surface area contributed by atoms with Gasteiger partial charge in [0, 0.05) is 14.2 Å². The highest BCUT2D eigenvalue weighted by atomic mass is 35.6. The largest absolute Gasteiger partial charge is 0.485 e. The predicted molar refractivity (Wildman–Crippen MR) is 179 cm³/mol. The van der Waals surface area contributed by atoms with Crippen molar-refractivity contribution in [3.05, 3.63) is 156 Å². The fraction of sp³-hybridized carbons (Fsp3) is 0.229. The molecule has 0 spiro atoms. The van der Waals surface area contributed by atoms with Gasteiger partial charge < -0.3 is 24.1 Å². The normalized spacial score (nSPS) is 17.9. The minimum atomic E-state index is -2.21. The SMILES string of the molecule is C=CC(NC(=O)C(Cl)(Cl)Cl)B1O[C@@H](C(OC)(c2ccccc2)c2ccccc2)[C@H](C(OC)(c2ccccc2)c2ccccc2)O1. The van der Waals surface area contributed by atoms with Gasteiger partial charge in [0.2, 0.25) is 0 Å². The highest BCUT2D eigenvalue weighted by molar-refractivity contribution is 6.76. The van der Waals surface area contributed by atoms with Crippen molar-refractivity contribution in [1.82, 2.24) is 5.32 Å². The third-order valence-electron chi connectivity index (χ3n) is 8.19. The van der Waals surface area contributed by atoms with Crippen LogP contribution in [0.2, 0.25) is 0 Å². The molecule has 0 aromatic heterocycles. The van der Waals surface area contributed by atoms with Crippen LogP contribution < -0.4 is 5.32 Å². The molecular formula is C35H33BCl3NO5. The molecule has 0 bridgehead atoms. The molecule has 4 aromatic rings. The zero-order chi connectivity index (χ0) is 32.1. The number of methoxy groups -OCH3 is 2. The molecule has 1 heterocycles. The van der Waals surface area contributed by atoms with Crippen molar-refractivity contribution in [2.75, 3.05) is 14.2 Å². The average molecular weight is 665 g/mol. The Balaban J connectivity index is 1.78. The van der Waals surface area contributed by atoms with Gasteiger partial charge in [-0.05, 0) is 22.3 Å². The van der Waals surface area contributed by atoms with Gasteiger partial charge in [-0.25, -0.2) is 0 Å². The number of nitrogens with one attached hydrogen (secondary N) is 1. The molecule has 4 aromatic carbocycles. The van der Waals surface area contributed by atoms with E-state index in [1.807, 2.05) is 121 Å². The van der Waals surface area contributed by atoms with E-state index in [9.17, 15) is 4.79 Å². The zero-order valence-corrected chi connectivity index (χ0v) is 27.1. The zero-order valence-electron chi connectivity index (χ0n) is 24.8. The van der Waals surface area contributed by atoms with E-state index in [2.05, 4.69) is 11.9 Å². The van der Waals surface area contributed by atoms with Crippen LogP contribution in [-0.2, 0) is 34.8 Å². The maximum Gasteiger partial charge on any atom is 0.485 e. The van der Waals surface area contributed by atoms with Crippen molar-refractivity contribution < 1.29 is 23.6 Å². The summed E-state index contributed by atoms with van der Waals surface area (Å²) in [4.78, 5) is 12.8. The first kappa shape index (κ1) is 33.2. The molecule has 10 heteroatoms. The molecule has 45 heavy (non-hydrogen) atoms. The van der Waals surface area contributed by atoms with Crippen molar-refractivity contribution in [1.29, 1.82) is 0 Å². The predicted octanol–water partition coefficient (Wildman–Crippen LogP) is 7.02. The number of alkyl halides is 3. The van der Waals surface area contributed by atoms with Gasteiger partial charge in [-0.3, -0.25) is 4.79 Å². The fourth-order valence-corrected chi connectivity index (χ4v) is 6.32. The van der Waals surface area contributed by atoms with Crippen molar-refractivity contribution in [2.24, 2.45) is 0 Å². The second-order valence-corrected chi connectivity index (χ2v) is 12.8. The minimum Gasteiger partial charge on any atom is -0.400 e. The molecule has 232 valence electrons. The van der Waals surface area contributed by atoms with Crippen molar-refractivity contribution in [2.45, 2.75) is 33.1 Å². The van der Waals surface area contributed by atoms with Crippen LogP contribution in [0.15, 0.2) is 134 Å². The molecule has 1 aliphatic heterocycles. The molecular weight excluding hydrogens is 632 g/mol. The molecule has 1 aliphatic rings. The van der Waals surface area contributed by atoms with E-state index in [1.54, 1.807) is 14.2 Å². The maximum absolute atomic E-state index is 12.8. The molecule has 6 nitrogen and oxygen atoms in total. The van der Waals surface area contributed by atoms with Gasteiger partial charge in [-0.1, -0.05) is 162 Å². The summed E-state index contributed by atoms with van der Waals surface area (Å²) in [6.07, 6.45) is -0.258. The number of hydrogen-bond donors (Lipinski definition) is 1. The molecule has 1 saturated heterocycles. The number of carbonyl (C=O) groups is 1. The van der Waals surface area contributed by atoms with Crippen LogP contribution in [0.25, 0.3) is 0 Å². The van der Waals surface area contributed by atoms with E-state index < -0.39 is 46.2 Å².